The first-order chi connectivity index (χ1) is 17.1. The standard InChI is InChI=1S/C29H30N4O2/c1-22-20-26(34)27(29(35)33(22)21-24-12-8-9-15-30-24)28(23-10-4-2-5-11-23)32-18-16-31(17-19-32)25-13-6-3-7-14-25/h2-15,20,28,34H,16-19,21H2,1H3/t28-/m1/s1. The van der Waals surface area contributed by atoms with E-state index in [0.29, 0.717) is 17.8 Å². The van der Waals surface area contributed by atoms with Crippen molar-refractivity contribution < 1.29 is 5.11 Å². The van der Waals surface area contributed by atoms with E-state index in [1.165, 1.54) is 5.69 Å². The number of aromatic hydroxyl groups is 1. The predicted octanol–water partition coefficient (Wildman–Crippen LogP) is 4.22. The minimum absolute atomic E-state index is 0.0455. The normalized spacial score (nSPS) is 15.2. The summed E-state index contributed by atoms with van der Waals surface area (Å²) in [6, 6.07) is 27.5. The van der Waals surface area contributed by atoms with Crippen LogP contribution < -0.4 is 10.5 Å². The molecule has 3 heterocycles. The van der Waals surface area contributed by atoms with Crippen LogP contribution in [0.1, 0.15) is 28.6 Å². The molecule has 1 aliphatic heterocycles. The zero-order valence-corrected chi connectivity index (χ0v) is 19.9. The monoisotopic (exact) mass is 466 g/mol. The van der Waals surface area contributed by atoms with E-state index in [2.05, 4.69) is 39.0 Å². The number of piperazine rings is 1. The quantitative estimate of drug-likeness (QED) is 0.461. The highest BCUT2D eigenvalue weighted by Crippen LogP contribution is 2.33. The minimum atomic E-state index is -0.336. The summed E-state index contributed by atoms with van der Waals surface area (Å²) in [5.74, 6) is 0.0455. The number of para-hydroxylation sites is 1. The third-order valence-corrected chi connectivity index (χ3v) is 6.76. The van der Waals surface area contributed by atoms with Crippen molar-refractivity contribution in [1.82, 2.24) is 14.5 Å². The number of anilines is 1. The molecule has 4 aromatic rings. The fourth-order valence-electron chi connectivity index (χ4n) is 4.95. The third kappa shape index (κ3) is 4.84. The molecule has 5 rings (SSSR count). The summed E-state index contributed by atoms with van der Waals surface area (Å²) in [5, 5.41) is 11.1. The van der Waals surface area contributed by atoms with Gasteiger partial charge in [0.1, 0.15) is 5.75 Å². The van der Waals surface area contributed by atoms with Crippen LogP contribution in [0.15, 0.2) is 95.9 Å². The van der Waals surface area contributed by atoms with Crippen LogP contribution in [0.4, 0.5) is 5.69 Å². The Morgan fingerprint density at radius 1 is 0.886 bits per heavy atom. The molecule has 6 heteroatoms. The van der Waals surface area contributed by atoms with Crippen molar-refractivity contribution in [2.24, 2.45) is 0 Å². The van der Waals surface area contributed by atoms with Crippen molar-refractivity contribution in [3.05, 3.63) is 124 Å². The van der Waals surface area contributed by atoms with Gasteiger partial charge in [0.15, 0.2) is 0 Å². The van der Waals surface area contributed by atoms with Gasteiger partial charge in [-0.3, -0.25) is 14.7 Å². The van der Waals surface area contributed by atoms with Crippen LogP contribution in [-0.4, -0.2) is 45.7 Å². The van der Waals surface area contributed by atoms with Gasteiger partial charge >= 0.3 is 0 Å². The lowest BCUT2D eigenvalue weighted by molar-refractivity contribution is 0.207. The first kappa shape index (κ1) is 22.9. The van der Waals surface area contributed by atoms with Crippen molar-refractivity contribution in [3.63, 3.8) is 0 Å². The van der Waals surface area contributed by atoms with Gasteiger partial charge in [0, 0.05) is 43.8 Å². The Bertz CT molecular complexity index is 1320. The Morgan fingerprint density at radius 3 is 2.20 bits per heavy atom. The molecule has 0 aliphatic carbocycles. The van der Waals surface area contributed by atoms with Gasteiger partial charge in [0.25, 0.3) is 5.56 Å². The van der Waals surface area contributed by atoms with Crippen LogP contribution in [0, 0.1) is 6.92 Å². The van der Waals surface area contributed by atoms with Crippen LogP contribution in [0.2, 0.25) is 0 Å². The predicted molar refractivity (Wildman–Crippen MR) is 139 cm³/mol. The van der Waals surface area contributed by atoms with Gasteiger partial charge in [-0.05, 0) is 42.8 Å². The smallest absolute Gasteiger partial charge is 0.260 e. The number of benzene rings is 2. The Morgan fingerprint density at radius 2 is 1.54 bits per heavy atom. The van der Waals surface area contributed by atoms with E-state index in [9.17, 15) is 9.90 Å². The Hall–Kier alpha value is -3.90. The second-order valence-corrected chi connectivity index (χ2v) is 8.97. The molecule has 0 unspecified atom stereocenters. The average molecular weight is 467 g/mol. The van der Waals surface area contributed by atoms with E-state index in [1.807, 2.05) is 61.5 Å². The van der Waals surface area contributed by atoms with E-state index in [0.717, 1.165) is 37.4 Å². The average Bonchev–Trinajstić information content (AvgIpc) is 2.91. The Labute approximate surface area is 205 Å². The molecule has 1 saturated heterocycles. The van der Waals surface area contributed by atoms with E-state index in [1.54, 1.807) is 16.8 Å². The van der Waals surface area contributed by atoms with Crippen molar-refractivity contribution in [2.75, 3.05) is 31.1 Å². The topological polar surface area (TPSA) is 61.6 Å². The molecule has 1 N–H and O–H groups in total. The Balaban J connectivity index is 1.52. The number of rotatable bonds is 6. The largest absolute Gasteiger partial charge is 0.507 e. The molecule has 6 nitrogen and oxygen atoms in total. The maximum atomic E-state index is 13.9. The highest BCUT2D eigenvalue weighted by molar-refractivity contribution is 5.47. The van der Waals surface area contributed by atoms with Gasteiger partial charge in [-0.1, -0.05) is 54.6 Å². The fraction of sp³-hybridized carbons (Fsp3) is 0.241. The van der Waals surface area contributed by atoms with Gasteiger partial charge in [0.2, 0.25) is 0 Å². The SMILES string of the molecule is Cc1cc(O)c([C@@H](c2ccccc2)N2CCN(c3ccccc3)CC2)c(=O)n1Cc1ccccn1. The summed E-state index contributed by atoms with van der Waals surface area (Å²) < 4.78 is 1.72. The fourth-order valence-corrected chi connectivity index (χ4v) is 4.95. The first-order valence-electron chi connectivity index (χ1n) is 12.0. The van der Waals surface area contributed by atoms with E-state index >= 15 is 0 Å². The van der Waals surface area contributed by atoms with Gasteiger partial charge in [0.05, 0.1) is 23.8 Å². The molecule has 1 fully saturated rings. The summed E-state index contributed by atoms with van der Waals surface area (Å²) in [6.07, 6.45) is 1.73. The number of nitrogens with zero attached hydrogens (tertiary/aromatic N) is 4. The van der Waals surface area contributed by atoms with Gasteiger partial charge in [-0.25, -0.2) is 0 Å². The second kappa shape index (κ2) is 10.2. The maximum absolute atomic E-state index is 13.9. The molecule has 0 saturated carbocycles. The molecule has 0 bridgehead atoms. The van der Waals surface area contributed by atoms with Crippen molar-refractivity contribution in [3.8, 4) is 5.75 Å². The lowest BCUT2D eigenvalue weighted by Crippen LogP contribution is -2.49. The summed E-state index contributed by atoms with van der Waals surface area (Å²) in [4.78, 5) is 23.0. The summed E-state index contributed by atoms with van der Waals surface area (Å²) in [5.41, 5.74) is 3.98. The minimum Gasteiger partial charge on any atom is -0.507 e. The van der Waals surface area contributed by atoms with Crippen molar-refractivity contribution >= 4 is 5.69 Å². The third-order valence-electron chi connectivity index (χ3n) is 6.76. The summed E-state index contributed by atoms with van der Waals surface area (Å²) >= 11 is 0. The molecule has 2 aromatic heterocycles. The van der Waals surface area contributed by atoms with E-state index in [-0.39, 0.29) is 17.4 Å². The number of hydrogen-bond donors (Lipinski definition) is 1. The lowest BCUT2D eigenvalue weighted by Gasteiger charge is -2.40. The molecular formula is C29H30N4O2. The van der Waals surface area contributed by atoms with Gasteiger partial charge < -0.3 is 14.6 Å². The second-order valence-electron chi connectivity index (χ2n) is 8.97. The summed E-state index contributed by atoms with van der Waals surface area (Å²) in [6.45, 7) is 5.47. The van der Waals surface area contributed by atoms with Gasteiger partial charge in [-0.15, -0.1) is 0 Å². The molecule has 1 aliphatic rings. The molecular weight excluding hydrogens is 436 g/mol. The van der Waals surface area contributed by atoms with E-state index in [4.69, 9.17) is 0 Å². The highest BCUT2D eigenvalue weighted by atomic mass is 16.3. The molecule has 178 valence electrons. The van der Waals surface area contributed by atoms with E-state index < -0.39 is 0 Å². The molecule has 0 amide bonds. The number of hydrogen-bond acceptors (Lipinski definition) is 5. The maximum Gasteiger partial charge on any atom is 0.260 e. The van der Waals surface area contributed by atoms with Crippen LogP contribution in [-0.2, 0) is 6.54 Å². The molecule has 2 aromatic carbocycles. The molecule has 0 spiro atoms. The van der Waals surface area contributed by atoms with Crippen LogP contribution in [0.25, 0.3) is 0 Å². The zero-order chi connectivity index (χ0) is 24.2. The van der Waals surface area contributed by atoms with Crippen LogP contribution >= 0.6 is 0 Å². The number of aryl methyl sites for hydroxylation is 1. The molecule has 1 atom stereocenters. The highest BCUT2D eigenvalue weighted by Gasteiger charge is 2.31. The number of aromatic nitrogens is 2. The van der Waals surface area contributed by atoms with Crippen LogP contribution in [0.5, 0.6) is 5.75 Å². The molecule has 0 radical (unpaired) electrons. The number of pyridine rings is 2. The Kier molecular flexibility index (Phi) is 6.64. The van der Waals surface area contributed by atoms with Gasteiger partial charge in [-0.2, -0.15) is 0 Å². The zero-order valence-electron chi connectivity index (χ0n) is 19.9. The lowest BCUT2D eigenvalue weighted by atomic mass is 9.96. The van der Waals surface area contributed by atoms with Crippen LogP contribution in [0.3, 0.4) is 0 Å². The molecule has 35 heavy (non-hydrogen) atoms. The van der Waals surface area contributed by atoms with Crippen molar-refractivity contribution in [1.29, 1.82) is 0 Å². The summed E-state index contributed by atoms with van der Waals surface area (Å²) in [7, 11) is 0. The first-order valence-corrected chi connectivity index (χ1v) is 12.0. The van der Waals surface area contributed by atoms with Crippen molar-refractivity contribution in [2.45, 2.75) is 19.5 Å².